The van der Waals surface area contributed by atoms with Crippen LogP contribution in [0.25, 0.3) is 0 Å². The minimum absolute atomic E-state index is 0.0715. The molecule has 1 aliphatic rings. The molecule has 2 atom stereocenters. The molecule has 1 fully saturated rings. The summed E-state index contributed by atoms with van der Waals surface area (Å²) in [4.78, 5) is 10.0. The van der Waals surface area contributed by atoms with Crippen molar-refractivity contribution in [3.63, 3.8) is 0 Å². The van der Waals surface area contributed by atoms with Crippen molar-refractivity contribution in [1.29, 1.82) is 0 Å². The van der Waals surface area contributed by atoms with Crippen LogP contribution in [-0.4, -0.2) is 51.2 Å². The Morgan fingerprint density at radius 3 is 3.15 bits per heavy atom. The Hall–Kier alpha value is -1.51. The topological polar surface area (TPSA) is 102 Å². The molecular weight excluding hydrogens is 264 g/mol. The number of nitrogens with one attached hydrogen (secondary N) is 1. The minimum Gasteiger partial charge on any atom is -0.390 e. The molecule has 0 aliphatic carbocycles. The average molecular weight is 284 g/mol. The largest absolute Gasteiger partial charge is 0.390 e. The monoisotopic (exact) mass is 284 g/mol. The van der Waals surface area contributed by atoms with Crippen molar-refractivity contribution in [3.8, 4) is 0 Å². The molecule has 0 radical (unpaired) electrons. The van der Waals surface area contributed by atoms with Crippen molar-refractivity contribution in [3.05, 3.63) is 22.5 Å². The molecule has 1 saturated heterocycles. The predicted molar refractivity (Wildman–Crippen MR) is 71.3 cm³/mol. The fourth-order valence-corrected chi connectivity index (χ4v) is 2.26. The first-order chi connectivity index (χ1) is 9.48. The summed E-state index contributed by atoms with van der Waals surface area (Å²) >= 11 is 0. The molecule has 0 spiro atoms. The molecule has 20 heavy (non-hydrogen) atoms. The molecular formula is C12H20N4O4. The Morgan fingerprint density at radius 2 is 2.55 bits per heavy atom. The molecule has 8 heteroatoms. The number of rotatable bonds is 6. The molecule has 1 aromatic heterocycles. The van der Waals surface area contributed by atoms with Crippen LogP contribution in [0.1, 0.15) is 19.8 Å². The van der Waals surface area contributed by atoms with Gasteiger partial charge < -0.3 is 15.2 Å². The van der Waals surface area contributed by atoms with E-state index in [4.69, 9.17) is 4.74 Å². The lowest BCUT2D eigenvalue weighted by atomic mass is 9.95. The normalized spacial score (nSPS) is 24.5. The lowest BCUT2D eigenvalue weighted by Gasteiger charge is -2.35. The molecule has 0 amide bonds. The van der Waals surface area contributed by atoms with E-state index in [1.807, 2.05) is 0 Å². The van der Waals surface area contributed by atoms with Gasteiger partial charge in [0.25, 0.3) is 0 Å². The molecule has 8 nitrogen and oxygen atoms in total. The predicted octanol–water partition coefficient (Wildman–Crippen LogP) is 0.311. The molecule has 2 unspecified atom stereocenters. The van der Waals surface area contributed by atoms with E-state index < -0.39 is 11.0 Å². The van der Waals surface area contributed by atoms with Gasteiger partial charge in [0.15, 0.2) is 0 Å². The third-order valence-corrected chi connectivity index (χ3v) is 3.43. The highest BCUT2D eigenvalue weighted by molar-refractivity contribution is 5.20. The second-order valence-electron chi connectivity index (χ2n) is 5.43. The summed E-state index contributed by atoms with van der Waals surface area (Å²) in [6.07, 6.45) is 3.84. The van der Waals surface area contributed by atoms with Crippen molar-refractivity contribution in [2.24, 2.45) is 0 Å². The summed E-state index contributed by atoms with van der Waals surface area (Å²) < 4.78 is 6.81. The van der Waals surface area contributed by atoms with Gasteiger partial charge in [-0.25, -0.2) is 0 Å². The van der Waals surface area contributed by atoms with E-state index >= 15 is 0 Å². The first-order valence-electron chi connectivity index (χ1n) is 6.66. The lowest BCUT2D eigenvalue weighted by molar-refractivity contribution is -0.385. The number of hydrogen-bond donors (Lipinski definition) is 2. The van der Waals surface area contributed by atoms with Crippen molar-refractivity contribution >= 4 is 5.69 Å². The van der Waals surface area contributed by atoms with Crippen LogP contribution in [-0.2, 0) is 11.3 Å². The Kier molecular flexibility index (Phi) is 4.69. The summed E-state index contributed by atoms with van der Waals surface area (Å²) in [5.41, 5.74) is -0.187. The maximum Gasteiger partial charge on any atom is 0.306 e. The number of ether oxygens (including phenoxy) is 1. The van der Waals surface area contributed by atoms with Gasteiger partial charge in [-0.2, -0.15) is 5.10 Å². The number of aromatic nitrogens is 2. The zero-order valence-corrected chi connectivity index (χ0v) is 11.5. The van der Waals surface area contributed by atoms with Gasteiger partial charge in [0.2, 0.25) is 0 Å². The fourth-order valence-electron chi connectivity index (χ4n) is 2.26. The van der Waals surface area contributed by atoms with E-state index in [2.05, 4.69) is 17.3 Å². The lowest BCUT2D eigenvalue weighted by Crippen LogP contribution is -2.51. The average Bonchev–Trinajstić information content (AvgIpc) is 2.86. The Balaban J connectivity index is 1.79. The van der Waals surface area contributed by atoms with Gasteiger partial charge in [-0.3, -0.25) is 14.8 Å². The smallest absolute Gasteiger partial charge is 0.306 e. The molecule has 1 aromatic rings. The minimum atomic E-state index is -0.659. The number of aliphatic hydroxyl groups is 1. The molecule has 112 valence electrons. The van der Waals surface area contributed by atoms with Crippen LogP contribution in [0.15, 0.2) is 12.4 Å². The van der Waals surface area contributed by atoms with Gasteiger partial charge in [0, 0.05) is 18.7 Å². The van der Waals surface area contributed by atoms with Gasteiger partial charge in [-0.1, -0.05) is 0 Å². The first kappa shape index (κ1) is 14.9. The van der Waals surface area contributed by atoms with E-state index in [0.717, 1.165) is 19.4 Å². The van der Waals surface area contributed by atoms with E-state index in [1.54, 1.807) is 0 Å². The molecule has 0 saturated carbocycles. The van der Waals surface area contributed by atoms with Crippen molar-refractivity contribution in [2.45, 2.75) is 38.0 Å². The summed E-state index contributed by atoms with van der Waals surface area (Å²) in [6, 6.07) is 0. The van der Waals surface area contributed by atoms with Gasteiger partial charge in [-0.15, -0.1) is 0 Å². The summed E-state index contributed by atoms with van der Waals surface area (Å²) in [5.74, 6) is 0. The van der Waals surface area contributed by atoms with E-state index in [1.165, 1.54) is 17.1 Å². The Labute approximate surface area is 116 Å². The maximum atomic E-state index is 10.5. The second-order valence-corrected chi connectivity index (χ2v) is 5.43. The van der Waals surface area contributed by atoms with Crippen LogP contribution < -0.4 is 5.32 Å². The zero-order chi connectivity index (χ0) is 14.6. The number of nitro groups is 1. The molecule has 2 N–H and O–H groups in total. The fraction of sp³-hybridized carbons (Fsp3) is 0.750. The molecule has 2 rings (SSSR count). The van der Waals surface area contributed by atoms with Crippen molar-refractivity contribution < 1.29 is 14.8 Å². The molecule has 1 aliphatic heterocycles. The molecule has 0 aromatic carbocycles. The van der Waals surface area contributed by atoms with E-state index in [9.17, 15) is 15.2 Å². The van der Waals surface area contributed by atoms with Crippen molar-refractivity contribution in [2.75, 3.05) is 19.8 Å². The zero-order valence-electron chi connectivity index (χ0n) is 11.5. The number of hydrogen-bond acceptors (Lipinski definition) is 6. The molecule has 2 heterocycles. The van der Waals surface area contributed by atoms with Crippen LogP contribution in [0.4, 0.5) is 5.69 Å². The SMILES string of the molecule is CC1(NCC(O)Cn2cc([N+](=O)[O-])cn2)CCCOC1. The van der Waals surface area contributed by atoms with E-state index in [0.29, 0.717) is 13.2 Å². The van der Waals surface area contributed by atoms with Crippen LogP contribution in [0.5, 0.6) is 0 Å². The Morgan fingerprint density at radius 1 is 1.75 bits per heavy atom. The van der Waals surface area contributed by atoms with Gasteiger partial charge in [-0.05, 0) is 19.8 Å². The van der Waals surface area contributed by atoms with Crippen molar-refractivity contribution in [1.82, 2.24) is 15.1 Å². The van der Waals surface area contributed by atoms with E-state index in [-0.39, 0.29) is 17.8 Å². The van der Waals surface area contributed by atoms with Crippen LogP contribution in [0.3, 0.4) is 0 Å². The maximum absolute atomic E-state index is 10.5. The number of aliphatic hydroxyl groups excluding tert-OH is 1. The van der Waals surface area contributed by atoms with Gasteiger partial charge in [0.05, 0.1) is 24.2 Å². The van der Waals surface area contributed by atoms with Gasteiger partial charge in [0.1, 0.15) is 12.4 Å². The summed E-state index contributed by atoms with van der Waals surface area (Å²) in [5, 5.41) is 27.6. The second kappa shape index (κ2) is 6.29. The first-order valence-corrected chi connectivity index (χ1v) is 6.66. The highest BCUT2D eigenvalue weighted by Gasteiger charge is 2.27. The third kappa shape index (κ3) is 3.99. The highest BCUT2D eigenvalue weighted by Crippen LogP contribution is 2.18. The Bertz CT molecular complexity index is 456. The van der Waals surface area contributed by atoms with Crippen LogP contribution in [0.2, 0.25) is 0 Å². The van der Waals surface area contributed by atoms with Gasteiger partial charge >= 0.3 is 5.69 Å². The molecule has 0 bridgehead atoms. The number of β-amino-alcohol motifs (C(OH)–C–C–N with tert-alkyl or cyclic N) is 1. The highest BCUT2D eigenvalue weighted by atomic mass is 16.6. The quantitative estimate of drug-likeness (QED) is 0.576. The standard InChI is InChI=1S/C12H20N4O4/c1-12(3-2-4-20-9-12)13-6-11(17)8-15-7-10(5-14-15)16(18)19/h5,7,11,13,17H,2-4,6,8-9H2,1H3. The third-order valence-electron chi connectivity index (χ3n) is 3.43. The van der Waals surface area contributed by atoms with Crippen LogP contribution >= 0.6 is 0 Å². The number of nitrogens with zero attached hydrogens (tertiary/aromatic N) is 3. The summed E-state index contributed by atoms with van der Waals surface area (Å²) in [7, 11) is 0. The van der Waals surface area contributed by atoms with Crippen LogP contribution in [0, 0.1) is 10.1 Å². The summed E-state index contributed by atoms with van der Waals surface area (Å²) in [6.45, 7) is 4.10.